The first-order valence-corrected chi connectivity index (χ1v) is 30.0. The van der Waals surface area contributed by atoms with Crippen molar-refractivity contribution in [1.29, 1.82) is 0 Å². The van der Waals surface area contributed by atoms with Gasteiger partial charge in [-0.3, -0.25) is 0 Å². The lowest BCUT2D eigenvalue weighted by Crippen LogP contribution is -2.15. The normalized spacial score (nSPS) is 10.6. The maximum absolute atomic E-state index is 13.7. The van der Waals surface area contributed by atoms with Gasteiger partial charge in [0, 0.05) is 24.6 Å². The van der Waals surface area contributed by atoms with Crippen LogP contribution in [0, 0.1) is 0 Å². The van der Waals surface area contributed by atoms with Gasteiger partial charge in [0.25, 0.3) is 0 Å². The second kappa shape index (κ2) is 43.4. The quantitative estimate of drug-likeness (QED) is 0.0132. The van der Waals surface area contributed by atoms with Gasteiger partial charge in [-0.05, 0) is 142 Å². The van der Waals surface area contributed by atoms with Crippen LogP contribution in [0.25, 0.3) is 0 Å². The van der Waals surface area contributed by atoms with Crippen LogP contribution in [0.5, 0.6) is 28.7 Å². The largest absolute Gasteiger partial charge is 0.494 e. The number of hydrogen-bond acceptors (Lipinski definition) is 17. The zero-order chi connectivity index (χ0) is 61.0. The molecule has 0 bridgehead atoms. The van der Waals surface area contributed by atoms with Gasteiger partial charge in [0.2, 0.25) is 0 Å². The summed E-state index contributed by atoms with van der Waals surface area (Å²) in [5, 5.41) is 0. The molecule has 4 rings (SSSR count). The minimum absolute atomic E-state index is 0.00593. The van der Waals surface area contributed by atoms with E-state index in [2.05, 4.69) is 19.7 Å². The van der Waals surface area contributed by atoms with Crippen molar-refractivity contribution in [3.8, 4) is 28.7 Å². The zero-order valence-corrected chi connectivity index (χ0v) is 49.4. The summed E-state index contributed by atoms with van der Waals surface area (Å²) in [7, 11) is 0. The number of ether oxygens (including phenoxy) is 10. The maximum atomic E-state index is 13.7. The van der Waals surface area contributed by atoms with Crippen LogP contribution in [-0.2, 0) is 38.1 Å². The van der Waals surface area contributed by atoms with Crippen molar-refractivity contribution in [2.24, 2.45) is 0 Å². The molecule has 0 aliphatic rings. The highest BCUT2D eigenvalue weighted by Crippen LogP contribution is 2.28. The Balaban J connectivity index is 1.24. The number of hydrogen-bond donors (Lipinski definition) is 0. The van der Waals surface area contributed by atoms with Crippen molar-refractivity contribution in [2.45, 2.75) is 148 Å². The summed E-state index contributed by atoms with van der Waals surface area (Å²) < 4.78 is 55.0. The molecule has 4 aromatic rings. The number of carbonyl (C=O) groups excluding carboxylic acids is 7. The molecule has 0 saturated carbocycles. The van der Waals surface area contributed by atoms with Crippen molar-refractivity contribution in [3.63, 3.8) is 0 Å². The molecule has 0 atom stereocenters. The average molecular weight is 1180 g/mol. The van der Waals surface area contributed by atoms with Crippen LogP contribution >= 0.6 is 0 Å². The third-order valence-electron chi connectivity index (χ3n) is 13.3. The molecule has 0 N–H and O–H groups in total. The smallest absolute Gasteiger partial charge is 0.343 e. The van der Waals surface area contributed by atoms with Gasteiger partial charge in [-0.15, -0.1) is 0 Å². The van der Waals surface area contributed by atoms with Gasteiger partial charge < -0.3 is 47.4 Å². The molecule has 0 heterocycles. The molecule has 0 amide bonds. The molecule has 0 saturated heterocycles. The van der Waals surface area contributed by atoms with E-state index < -0.39 is 29.8 Å². The molecule has 0 aromatic heterocycles. The summed E-state index contributed by atoms with van der Waals surface area (Å²) >= 11 is 0. The Morgan fingerprint density at radius 2 is 0.565 bits per heavy atom. The molecule has 0 fully saturated rings. The monoisotopic (exact) mass is 1170 g/mol. The van der Waals surface area contributed by atoms with Gasteiger partial charge >= 0.3 is 41.8 Å². The second-order valence-corrected chi connectivity index (χ2v) is 20.1. The van der Waals surface area contributed by atoms with Crippen LogP contribution in [0.1, 0.15) is 189 Å². The number of carbonyl (C=O) groups is 7. The Labute approximate surface area is 501 Å². The van der Waals surface area contributed by atoms with Crippen LogP contribution in [0.4, 0.5) is 0 Å². The fourth-order valence-electron chi connectivity index (χ4n) is 8.46. The van der Waals surface area contributed by atoms with E-state index in [9.17, 15) is 33.6 Å². The first kappa shape index (κ1) is 69.3. The van der Waals surface area contributed by atoms with Crippen molar-refractivity contribution < 1.29 is 80.9 Å². The molecule has 0 aliphatic heterocycles. The first-order valence-electron chi connectivity index (χ1n) is 30.0. The van der Waals surface area contributed by atoms with Crippen LogP contribution in [0.15, 0.2) is 129 Å². The van der Waals surface area contributed by atoms with Gasteiger partial charge in [-0.2, -0.15) is 0 Å². The Kier molecular flexibility index (Phi) is 35.4. The highest BCUT2D eigenvalue weighted by Gasteiger charge is 2.21. The van der Waals surface area contributed by atoms with Crippen LogP contribution < -0.4 is 23.7 Å². The van der Waals surface area contributed by atoms with Crippen molar-refractivity contribution in [2.75, 3.05) is 52.9 Å². The predicted octanol–water partition coefficient (Wildman–Crippen LogP) is 14.4. The third kappa shape index (κ3) is 30.8. The molecule has 17 heteroatoms. The van der Waals surface area contributed by atoms with E-state index in [1.807, 2.05) is 0 Å². The summed E-state index contributed by atoms with van der Waals surface area (Å²) in [6.07, 6.45) is 26.0. The van der Waals surface area contributed by atoms with E-state index >= 15 is 0 Å². The van der Waals surface area contributed by atoms with Gasteiger partial charge in [0.15, 0.2) is 0 Å². The third-order valence-corrected chi connectivity index (χ3v) is 13.3. The lowest BCUT2D eigenvalue weighted by molar-refractivity contribution is -0.138. The van der Waals surface area contributed by atoms with Crippen molar-refractivity contribution in [1.82, 2.24) is 0 Å². The van der Waals surface area contributed by atoms with Crippen molar-refractivity contribution in [3.05, 3.63) is 151 Å². The second-order valence-electron chi connectivity index (χ2n) is 20.1. The van der Waals surface area contributed by atoms with Gasteiger partial charge in [-0.25, -0.2) is 33.6 Å². The molecule has 0 unspecified atom stereocenters. The number of benzene rings is 4. The van der Waals surface area contributed by atoms with Gasteiger partial charge in [0.1, 0.15) is 34.3 Å². The van der Waals surface area contributed by atoms with Crippen LogP contribution in [0.3, 0.4) is 0 Å². The Bertz CT molecular complexity index is 2640. The SMILES string of the molecule is C=CC(=O)OCCCCCCCCCCCOc1ccc(C(=O)Oc2ccc(OC(=O)c3ccc(OCCCCCCCCCCCOC(=O)C=C)cc3)c(C(=O)OCCCOC(=O)c3ccc(OCCCCCCOC(=O)C=C)cc3)c2)cc1. The molecule has 0 spiro atoms. The minimum Gasteiger partial charge on any atom is -0.494 e. The van der Waals surface area contributed by atoms with E-state index in [4.69, 9.17) is 47.4 Å². The maximum Gasteiger partial charge on any atom is 0.343 e. The molecule has 0 aliphatic carbocycles. The minimum atomic E-state index is -0.875. The van der Waals surface area contributed by atoms with Crippen LogP contribution in [-0.4, -0.2) is 94.6 Å². The number of esters is 7. The van der Waals surface area contributed by atoms with Gasteiger partial charge in [0.05, 0.1) is 69.5 Å². The Morgan fingerprint density at radius 1 is 0.282 bits per heavy atom. The Morgan fingerprint density at radius 3 is 0.918 bits per heavy atom. The molecule has 85 heavy (non-hydrogen) atoms. The number of unbranched alkanes of at least 4 members (excludes halogenated alkanes) is 19. The zero-order valence-electron chi connectivity index (χ0n) is 49.4. The lowest BCUT2D eigenvalue weighted by Gasteiger charge is -2.13. The lowest BCUT2D eigenvalue weighted by atomic mass is 10.1. The highest BCUT2D eigenvalue weighted by molar-refractivity contribution is 5.97. The van der Waals surface area contributed by atoms with Crippen molar-refractivity contribution >= 4 is 41.8 Å². The van der Waals surface area contributed by atoms with E-state index in [0.717, 1.165) is 147 Å². The molecule has 0 radical (unpaired) electrons. The summed E-state index contributed by atoms with van der Waals surface area (Å²) in [6, 6.07) is 23.6. The van der Waals surface area contributed by atoms with Crippen LogP contribution in [0.2, 0.25) is 0 Å². The van der Waals surface area contributed by atoms with Gasteiger partial charge in [-0.1, -0.05) is 110 Å². The standard InChI is InChI=1S/C68H86O17/c1-4-62(69)79-47-26-19-15-11-7-9-13-17-23-44-76-57-38-32-54(33-39-57)66(73)84-59-42-43-61(85-67(74)55-34-40-58(41-35-55)77-45-24-18-14-10-8-12-16-20-27-48-80-63(70)5-2)60(52-59)68(75)83-51-29-50-82-65(72)53-30-36-56(37-31-53)78-46-25-21-22-28-49-81-64(71)6-3/h4-6,30-43,52H,1-3,7-29,44-51H2. The van der Waals surface area contributed by atoms with E-state index in [1.165, 1.54) is 30.4 Å². The van der Waals surface area contributed by atoms with E-state index in [0.29, 0.717) is 62.5 Å². The number of rotatable bonds is 47. The topological polar surface area (TPSA) is 212 Å². The first-order chi connectivity index (χ1) is 41.5. The molecular formula is C68H86O17. The summed E-state index contributed by atoms with van der Waals surface area (Å²) in [4.78, 5) is 86.7. The highest BCUT2D eigenvalue weighted by atomic mass is 16.6. The molecule has 17 nitrogen and oxygen atoms in total. The fourth-order valence-corrected chi connectivity index (χ4v) is 8.46. The molecular weight excluding hydrogens is 1090 g/mol. The van der Waals surface area contributed by atoms with E-state index in [1.54, 1.807) is 72.8 Å². The summed E-state index contributed by atoms with van der Waals surface area (Å²) in [5.74, 6) is -2.43. The van der Waals surface area contributed by atoms with E-state index in [-0.39, 0.29) is 59.8 Å². The summed E-state index contributed by atoms with van der Waals surface area (Å²) in [5.41, 5.74) is 0.570. The molecule has 4 aromatic carbocycles. The summed E-state index contributed by atoms with van der Waals surface area (Å²) in [6.45, 7) is 12.7. The Hall–Kier alpha value is -8.21. The fraction of sp³-hybridized carbons (Fsp3) is 0.456. The molecule has 460 valence electrons. The predicted molar refractivity (Wildman–Crippen MR) is 322 cm³/mol. The average Bonchev–Trinajstić information content (AvgIpc) is 3.72.